The third kappa shape index (κ3) is 2.38. The maximum absolute atomic E-state index is 11.9. The monoisotopic (exact) mass is 329 g/mol. The van der Waals surface area contributed by atoms with Crippen molar-refractivity contribution < 1.29 is 4.79 Å². The van der Waals surface area contributed by atoms with E-state index in [1.807, 2.05) is 18.2 Å². The summed E-state index contributed by atoms with van der Waals surface area (Å²) in [5, 5.41) is 0. The van der Waals surface area contributed by atoms with Crippen LogP contribution in [-0.2, 0) is 6.42 Å². The number of benzene rings is 2. The summed E-state index contributed by atoms with van der Waals surface area (Å²) >= 11 is 3.51. The predicted octanol–water partition coefficient (Wildman–Crippen LogP) is 4.74. The smallest absolute Gasteiger partial charge is 0.161 e. The number of rotatable bonds is 2. The molecule has 1 heterocycles. The minimum Gasteiger partial charge on any atom is -0.341 e. The molecule has 0 spiro atoms. The molecule has 0 N–H and O–H groups in total. The number of halogens is 1. The molecular formula is C17H16BrNO. The average Bonchev–Trinajstić information content (AvgIpc) is 2.46. The number of hydrogen-bond donors (Lipinski definition) is 0. The van der Waals surface area contributed by atoms with Gasteiger partial charge in [-0.05, 0) is 49.6 Å². The van der Waals surface area contributed by atoms with E-state index in [1.54, 1.807) is 6.92 Å². The lowest BCUT2D eigenvalue weighted by Gasteiger charge is -2.32. The molecular weight excluding hydrogens is 314 g/mol. The zero-order valence-electron chi connectivity index (χ0n) is 11.4. The van der Waals surface area contributed by atoms with Crippen LogP contribution in [0.4, 0.5) is 11.4 Å². The summed E-state index contributed by atoms with van der Waals surface area (Å²) in [5.41, 5.74) is 4.36. The fourth-order valence-electron chi connectivity index (χ4n) is 2.81. The van der Waals surface area contributed by atoms with Gasteiger partial charge in [-0.1, -0.05) is 34.1 Å². The average molecular weight is 330 g/mol. The van der Waals surface area contributed by atoms with Crippen molar-refractivity contribution in [2.45, 2.75) is 19.8 Å². The van der Waals surface area contributed by atoms with Crippen LogP contribution in [0, 0.1) is 0 Å². The fraction of sp³-hybridized carbons (Fsp3) is 0.235. The fourth-order valence-corrected chi connectivity index (χ4v) is 3.16. The third-order valence-electron chi connectivity index (χ3n) is 3.74. The maximum Gasteiger partial charge on any atom is 0.161 e. The second kappa shape index (κ2) is 5.41. The molecule has 3 rings (SSSR count). The van der Waals surface area contributed by atoms with E-state index in [9.17, 15) is 4.79 Å². The Morgan fingerprint density at radius 3 is 2.75 bits per heavy atom. The van der Waals surface area contributed by atoms with E-state index in [0.717, 1.165) is 35.1 Å². The second-order valence-corrected chi connectivity index (χ2v) is 6.02. The van der Waals surface area contributed by atoms with Gasteiger partial charge in [-0.25, -0.2) is 0 Å². The van der Waals surface area contributed by atoms with E-state index in [4.69, 9.17) is 0 Å². The molecule has 1 aliphatic heterocycles. The number of nitrogens with zero attached hydrogens (tertiary/aromatic N) is 1. The molecule has 102 valence electrons. The molecule has 0 amide bonds. The first-order valence-electron chi connectivity index (χ1n) is 6.83. The number of anilines is 2. The van der Waals surface area contributed by atoms with Gasteiger partial charge in [-0.2, -0.15) is 0 Å². The Kier molecular flexibility index (Phi) is 3.62. The molecule has 0 atom stereocenters. The van der Waals surface area contributed by atoms with Crippen molar-refractivity contribution in [3.8, 4) is 0 Å². The van der Waals surface area contributed by atoms with E-state index < -0.39 is 0 Å². The molecule has 0 radical (unpaired) electrons. The highest BCUT2D eigenvalue weighted by atomic mass is 79.9. The lowest BCUT2D eigenvalue weighted by molar-refractivity contribution is 0.101. The first-order valence-corrected chi connectivity index (χ1v) is 7.62. The normalized spacial score (nSPS) is 14.0. The number of aryl methyl sites for hydroxylation is 1. The van der Waals surface area contributed by atoms with Crippen LogP contribution in [0.1, 0.15) is 29.3 Å². The van der Waals surface area contributed by atoms with E-state index in [0.29, 0.717) is 0 Å². The molecule has 0 bridgehead atoms. The van der Waals surface area contributed by atoms with Crippen molar-refractivity contribution in [2.75, 3.05) is 11.4 Å². The Balaban J connectivity index is 2.15. The number of Topliss-reactive ketones (excluding diaryl/α,β-unsaturated/α-hetero) is 1. The number of para-hydroxylation sites is 1. The summed E-state index contributed by atoms with van der Waals surface area (Å²) in [7, 11) is 0. The molecule has 0 fully saturated rings. The third-order valence-corrected chi connectivity index (χ3v) is 4.23. The van der Waals surface area contributed by atoms with Crippen LogP contribution in [0.15, 0.2) is 46.9 Å². The number of ketones is 1. The largest absolute Gasteiger partial charge is 0.341 e. The molecule has 0 saturated carbocycles. The summed E-state index contributed by atoms with van der Waals surface area (Å²) in [6.07, 6.45) is 2.22. The van der Waals surface area contributed by atoms with Crippen LogP contribution in [0.25, 0.3) is 0 Å². The SMILES string of the molecule is CC(=O)c1ccc(Br)cc1N1CCCc2ccccc21. The maximum atomic E-state index is 11.9. The summed E-state index contributed by atoms with van der Waals surface area (Å²) in [6.45, 7) is 2.58. The molecule has 2 nitrogen and oxygen atoms in total. The van der Waals surface area contributed by atoms with E-state index in [-0.39, 0.29) is 5.78 Å². The van der Waals surface area contributed by atoms with Gasteiger partial charge in [-0.3, -0.25) is 4.79 Å². The Bertz CT molecular complexity index is 666. The van der Waals surface area contributed by atoms with E-state index in [2.05, 4.69) is 45.1 Å². The van der Waals surface area contributed by atoms with Crippen molar-refractivity contribution in [3.05, 3.63) is 58.1 Å². The van der Waals surface area contributed by atoms with Gasteiger partial charge < -0.3 is 4.90 Å². The van der Waals surface area contributed by atoms with Crippen LogP contribution >= 0.6 is 15.9 Å². The predicted molar refractivity (Wildman–Crippen MR) is 85.9 cm³/mol. The van der Waals surface area contributed by atoms with Crippen molar-refractivity contribution in [3.63, 3.8) is 0 Å². The van der Waals surface area contributed by atoms with Gasteiger partial charge in [0.05, 0.1) is 5.69 Å². The summed E-state index contributed by atoms with van der Waals surface area (Å²) in [4.78, 5) is 14.2. The second-order valence-electron chi connectivity index (χ2n) is 5.10. The van der Waals surface area contributed by atoms with Crippen LogP contribution in [-0.4, -0.2) is 12.3 Å². The van der Waals surface area contributed by atoms with Crippen molar-refractivity contribution >= 4 is 33.1 Å². The Morgan fingerprint density at radius 1 is 1.15 bits per heavy atom. The van der Waals surface area contributed by atoms with Gasteiger partial charge >= 0.3 is 0 Å². The van der Waals surface area contributed by atoms with Gasteiger partial charge in [0.15, 0.2) is 5.78 Å². The summed E-state index contributed by atoms with van der Waals surface area (Å²) < 4.78 is 1.00. The molecule has 0 aliphatic carbocycles. The summed E-state index contributed by atoms with van der Waals surface area (Å²) in [5.74, 6) is 0.107. The molecule has 20 heavy (non-hydrogen) atoms. The molecule has 1 aliphatic rings. The minimum atomic E-state index is 0.107. The highest BCUT2D eigenvalue weighted by molar-refractivity contribution is 9.10. The quantitative estimate of drug-likeness (QED) is 0.742. The molecule has 2 aromatic rings. The minimum absolute atomic E-state index is 0.107. The van der Waals surface area contributed by atoms with Crippen LogP contribution in [0.3, 0.4) is 0 Å². The Labute approximate surface area is 127 Å². The van der Waals surface area contributed by atoms with Gasteiger partial charge in [0, 0.05) is 22.3 Å². The number of hydrogen-bond acceptors (Lipinski definition) is 2. The lowest BCUT2D eigenvalue weighted by Crippen LogP contribution is -2.25. The number of fused-ring (bicyclic) bond motifs is 1. The molecule has 0 saturated heterocycles. The number of carbonyl (C=O) groups is 1. The Hall–Kier alpha value is -1.61. The lowest BCUT2D eigenvalue weighted by atomic mass is 9.99. The van der Waals surface area contributed by atoms with Crippen molar-refractivity contribution in [1.82, 2.24) is 0 Å². The van der Waals surface area contributed by atoms with Crippen LogP contribution in [0.5, 0.6) is 0 Å². The molecule has 0 unspecified atom stereocenters. The first-order chi connectivity index (χ1) is 9.66. The van der Waals surface area contributed by atoms with E-state index >= 15 is 0 Å². The standard InChI is InChI=1S/C17H16BrNO/c1-12(20)15-9-8-14(18)11-17(15)19-10-4-6-13-5-2-3-7-16(13)19/h2-3,5,7-9,11H,4,6,10H2,1H3. The van der Waals surface area contributed by atoms with Gasteiger partial charge in [0.2, 0.25) is 0 Å². The molecule has 2 aromatic carbocycles. The highest BCUT2D eigenvalue weighted by Crippen LogP contribution is 2.36. The zero-order valence-corrected chi connectivity index (χ0v) is 13.0. The van der Waals surface area contributed by atoms with Gasteiger partial charge in [0.25, 0.3) is 0 Å². The molecule has 3 heteroatoms. The van der Waals surface area contributed by atoms with Crippen molar-refractivity contribution in [1.29, 1.82) is 0 Å². The van der Waals surface area contributed by atoms with Gasteiger partial charge in [-0.15, -0.1) is 0 Å². The summed E-state index contributed by atoms with van der Waals surface area (Å²) in [6, 6.07) is 14.3. The van der Waals surface area contributed by atoms with E-state index in [1.165, 1.54) is 11.3 Å². The Morgan fingerprint density at radius 2 is 1.95 bits per heavy atom. The first kappa shape index (κ1) is 13.4. The number of carbonyl (C=O) groups excluding carboxylic acids is 1. The molecule has 0 aromatic heterocycles. The van der Waals surface area contributed by atoms with Gasteiger partial charge in [0.1, 0.15) is 0 Å². The topological polar surface area (TPSA) is 20.3 Å². The van der Waals surface area contributed by atoms with Crippen LogP contribution < -0.4 is 4.90 Å². The van der Waals surface area contributed by atoms with Crippen molar-refractivity contribution in [2.24, 2.45) is 0 Å². The van der Waals surface area contributed by atoms with Crippen LogP contribution in [0.2, 0.25) is 0 Å². The zero-order chi connectivity index (χ0) is 14.1. The highest BCUT2D eigenvalue weighted by Gasteiger charge is 2.21.